The maximum atomic E-state index is 12.3. The number of aryl methyl sites for hydroxylation is 1. The lowest BCUT2D eigenvalue weighted by atomic mass is 10.1. The third-order valence-electron chi connectivity index (χ3n) is 3.91. The van der Waals surface area contributed by atoms with Crippen molar-refractivity contribution in [3.05, 3.63) is 68.3 Å². The lowest BCUT2D eigenvalue weighted by Gasteiger charge is -2.08. The number of nitrogens with one attached hydrogen (secondary N) is 3. The number of aromatic nitrogens is 2. The molecule has 0 saturated carbocycles. The molecule has 0 bridgehead atoms. The van der Waals surface area contributed by atoms with E-state index in [1.54, 1.807) is 6.07 Å². The minimum atomic E-state index is -0.643. The van der Waals surface area contributed by atoms with Crippen molar-refractivity contribution in [3.63, 3.8) is 0 Å². The number of H-pyrrole nitrogens is 1. The second-order valence-electron chi connectivity index (χ2n) is 6.24. The van der Waals surface area contributed by atoms with E-state index in [9.17, 15) is 14.4 Å². The molecule has 9 nitrogen and oxygen atoms in total. The molecule has 0 fully saturated rings. The number of aromatic amines is 1. The Balaban J connectivity index is 1.56. The van der Waals surface area contributed by atoms with E-state index >= 15 is 0 Å². The normalized spacial score (nSPS) is 10.6. The second kappa shape index (κ2) is 9.63. The van der Waals surface area contributed by atoms with Crippen LogP contribution in [0.2, 0.25) is 0 Å². The molecule has 3 rings (SSSR count). The number of nitrogens with two attached hydrogens (primary N) is 1. The first-order chi connectivity index (χ1) is 14.3. The van der Waals surface area contributed by atoms with E-state index in [2.05, 4.69) is 36.5 Å². The Labute approximate surface area is 184 Å². The number of nitrogen functional groups attached to an aromatic ring is 1. The summed E-state index contributed by atoms with van der Waals surface area (Å²) < 4.78 is 5.50. The Morgan fingerprint density at radius 2 is 1.97 bits per heavy atom. The maximum absolute atomic E-state index is 12.3. The molecule has 0 radical (unpaired) electrons. The van der Waals surface area contributed by atoms with E-state index in [4.69, 9.17) is 10.2 Å². The maximum Gasteiger partial charge on any atom is 0.291 e. The highest BCUT2D eigenvalue weighted by Crippen LogP contribution is 2.19. The van der Waals surface area contributed by atoms with Gasteiger partial charge in [-0.2, -0.15) is 0 Å². The summed E-state index contributed by atoms with van der Waals surface area (Å²) in [6.07, 6.45) is 0. The van der Waals surface area contributed by atoms with E-state index in [1.807, 2.05) is 31.2 Å². The van der Waals surface area contributed by atoms with Gasteiger partial charge in [0.15, 0.2) is 27.1 Å². The highest BCUT2D eigenvalue weighted by Gasteiger charge is 2.17. The number of nitrogens with zero attached hydrogens (tertiary/aromatic N) is 1. The van der Waals surface area contributed by atoms with Crippen LogP contribution in [0.1, 0.15) is 21.7 Å². The molecule has 1 aromatic carbocycles. The van der Waals surface area contributed by atoms with Crippen LogP contribution in [-0.2, 0) is 11.3 Å². The Hall–Kier alpha value is -3.05. The third-order valence-corrected chi connectivity index (χ3v) is 5.21. The molecular weight excluding hydrogens is 474 g/mol. The van der Waals surface area contributed by atoms with Gasteiger partial charge in [-0.05, 0) is 40.5 Å². The number of anilines is 2. The lowest BCUT2D eigenvalue weighted by Crippen LogP contribution is -2.25. The summed E-state index contributed by atoms with van der Waals surface area (Å²) in [5.41, 5.74) is 7.11. The summed E-state index contributed by atoms with van der Waals surface area (Å²) in [7, 11) is 0. The number of carbonyl (C=O) groups excluding carboxylic acids is 2. The molecule has 2 heterocycles. The van der Waals surface area contributed by atoms with Gasteiger partial charge in [0.05, 0.1) is 5.75 Å². The van der Waals surface area contributed by atoms with Crippen LogP contribution in [0.25, 0.3) is 0 Å². The van der Waals surface area contributed by atoms with Crippen molar-refractivity contribution in [1.29, 1.82) is 0 Å². The molecule has 3 aromatic rings. The molecule has 156 valence electrons. The number of carbonyl (C=O) groups is 2. The fourth-order valence-electron chi connectivity index (χ4n) is 2.36. The third kappa shape index (κ3) is 5.74. The van der Waals surface area contributed by atoms with Gasteiger partial charge in [0, 0.05) is 6.54 Å². The predicted octanol–water partition coefficient (Wildman–Crippen LogP) is 2.68. The van der Waals surface area contributed by atoms with Gasteiger partial charge in [0.1, 0.15) is 0 Å². The van der Waals surface area contributed by atoms with E-state index in [0.29, 0.717) is 11.2 Å². The molecule has 0 aliphatic rings. The standard InChI is InChI=1S/C19H18BrN5O4S/c1-10-2-4-11(5-3-10)8-22-14(26)9-30-19-24-16(21)15(18(28)25-19)23-17(27)12-6-7-13(20)29-12/h2-7H,8-9H2,1H3,(H,22,26)(H,23,27)(H3,21,24,25,28). The van der Waals surface area contributed by atoms with Crippen LogP contribution in [-0.4, -0.2) is 27.5 Å². The molecule has 5 N–H and O–H groups in total. The second-order valence-corrected chi connectivity index (χ2v) is 7.99. The number of furan rings is 1. The van der Waals surface area contributed by atoms with Crippen LogP contribution in [0.5, 0.6) is 0 Å². The zero-order valence-corrected chi connectivity index (χ0v) is 18.2. The number of hydrogen-bond acceptors (Lipinski definition) is 7. The Bertz CT molecular complexity index is 1130. The van der Waals surface area contributed by atoms with Crippen LogP contribution < -0.4 is 21.9 Å². The summed E-state index contributed by atoms with van der Waals surface area (Å²) in [6, 6.07) is 10.8. The predicted molar refractivity (Wildman–Crippen MR) is 117 cm³/mol. The van der Waals surface area contributed by atoms with Crippen LogP contribution in [0.15, 0.2) is 55.4 Å². The van der Waals surface area contributed by atoms with Crippen LogP contribution in [0, 0.1) is 6.92 Å². The van der Waals surface area contributed by atoms with E-state index in [0.717, 1.165) is 22.9 Å². The van der Waals surface area contributed by atoms with Crippen molar-refractivity contribution in [2.24, 2.45) is 0 Å². The van der Waals surface area contributed by atoms with Gasteiger partial charge in [0.2, 0.25) is 5.91 Å². The molecule has 0 aliphatic carbocycles. The average molecular weight is 492 g/mol. The number of thioether (sulfide) groups is 1. The van der Waals surface area contributed by atoms with Crippen molar-refractivity contribution in [1.82, 2.24) is 15.3 Å². The minimum absolute atomic E-state index is 0.00405. The van der Waals surface area contributed by atoms with Crippen molar-refractivity contribution >= 4 is 51.0 Å². The largest absolute Gasteiger partial charge is 0.444 e. The van der Waals surface area contributed by atoms with Gasteiger partial charge in [-0.15, -0.1) is 0 Å². The Morgan fingerprint density at radius 3 is 2.60 bits per heavy atom. The zero-order valence-electron chi connectivity index (χ0n) is 15.8. The minimum Gasteiger partial charge on any atom is -0.444 e. The topological polar surface area (TPSA) is 143 Å². The summed E-state index contributed by atoms with van der Waals surface area (Å²) in [5.74, 6) is -0.983. The summed E-state index contributed by atoms with van der Waals surface area (Å²) >= 11 is 4.12. The van der Waals surface area contributed by atoms with Gasteiger partial charge in [-0.3, -0.25) is 19.4 Å². The number of amides is 2. The smallest absolute Gasteiger partial charge is 0.291 e. The molecule has 30 heavy (non-hydrogen) atoms. The number of benzene rings is 1. The average Bonchev–Trinajstić information content (AvgIpc) is 3.15. The van der Waals surface area contributed by atoms with Crippen molar-refractivity contribution in [2.75, 3.05) is 16.8 Å². The molecular formula is C19H18BrN5O4S. The van der Waals surface area contributed by atoms with Crippen molar-refractivity contribution < 1.29 is 14.0 Å². The van der Waals surface area contributed by atoms with Crippen molar-refractivity contribution in [2.45, 2.75) is 18.6 Å². The quantitative estimate of drug-likeness (QED) is 0.293. The van der Waals surface area contributed by atoms with Crippen LogP contribution in [0.3, 0.4) is 0 Å². The fourth-order valence-corrected chi connectivity index (χ4v) is 3.37. The number of rotatable bonds is 7. The van der Waals surface area contributed by atoms with E-state index < -0.39 is 11.5 Å². The summed E-state index contributed by atoms with van der Waals surface area (Å²) in [5, 5.41) is 5.33. The first kappa shape index (κ1) is 21.7. The SMILES string of the molecule is Cc1ccc(CNC(=O)CSc2nc(N)c(NC(=O)c3ccc(Br)o3)c(=O)[nH]2)cc1. The van der Waals surface area contributed by atoms with Crippen molar-refractivity contribution in [3.8, 4) is 0 Å². The summed E-state index contributed by atoms with van der Waals surface area (Å²) in [4.78, 5) is 43.0. The molecule has 0 spiro atoms. The van der Waals surface area contributed by atoms with Gasteiger partial charge < -0.3 is 20.8 Å². The zero-order chi connectivity index (χ0) is 21.7. The molecule has 2 amide bonds. The number of halogens is 1. The van der Waals surface area contributed by atoms with Crippen LogP contribution >= 0.6 is 27.7 Å². The molecule has 0 saturated heterocycles. The van der Waals surface area contributed by atoms with Crippen LogP contribution in [0.4, 0.5) is 11.5 Å². The highest BCUT2D eigenvalue weighted by molar-refractivity contribution is 9.10. The monoisotopic (exact) mass is 491 g/mol. The number of hydrogen-bond donors (Lipinski definition) is 4. The molecule has 11 heteroatoms. The van der Waals surface area contributed by atoms with Gasteiger partial charge >= 0.3 is 0 Å². The molecule has 2 aromatic heterocycles. The Kier molecular flexibility index (Phi) is 6.95. The van der Waals surface area contributed by atoms with Gasteiger partial charge in [-0.1, -0.05) is 41.6 Å². The molecule has 0 unspecified atom stereocenters. The van der Waals surface area contributed by atoms with Gasteiger partial charge in [0.25, 0.3) is 11.5 Å². The lowest BCUT2D eigenvalue weighted by molar-refractivity contribution is -0.118. The molecule has 0 atom stereocenters. The summed E-state index contributed by atoms with van der Waals surface area (Å²) in [6.45, 7) is 2.39. The Morgan fingerprint density at radius 1 is 1.23 bits per heavy atom. The first-order valence-electron chi connectivity index (χ1n) is 8.73. The fraction of sp³-hybridized carbons (Fsp3) is 0.158. The highest BCUT2D eigenvalue weighted by atomic mass is 79.9. The molecule has 0 aliphatic heterocycles. The van der Waals surface area contributed by atoms with E-state index in [-0.39, 0.29) is 34.1 Å². The first-order valence-corrected chi connectivity index (χ1v) is 10.5. The van der Waals surface area contributed by atoms with Gasteiger partial charge in [-0.25, -0.2) is 4.98 Å². The van der Waals surface area contributed by atoms with E-state index in [1.165, 1.54) is 6.07 Å².